The van der Waals surface area contributed by atoms with E-state index >= 15 is 0 Å². The lowest BCUT2D eigenvalue weighted by Crippen LogP contribution is -2.43. The van der Waals surface area contributed by atoms with Crippen molar-refractivity contribution in [2.75, 3.05) is 26.7 Å². The standard InChI is InChI=1S/C19H26N4O/c1-16-7-6-10-22(12-16)19(24)15-21(2)13-17-11-20-23(14-17)18-8-4-3-5-9-18/h3-5,8-9,11,14,16H,6-7,10,12-13,15H2,1-2H3. The van der Waals surface area contributed by atoms with E-state index in [1.165, 1.54) is 6.42 Å². The number of carbonyl (C=O) groups is 1. The first-order valence-electron chi connectivity index (χ1n) is 8.67. The van der Waals surface area contributed by atoms with E-state index in [0.717, 1.165) is 37.3 Å². The fourth-order valence-corrected chi connectivity index (χ4v) is 3.28. The van der Waals surface area contributed by atoms with Crippen molar-refractivity contribution in [1.29, 1.82) is 0 Å². The fourth-order valence-electron chi connectivity index (χ4n) is 3.28. The average molecular weight is 326 g/mol. The maximum Gasteiger partial charge on any atom is 0.236 e. The lowest BCUT2D eigenvalue weighted by molar-refractivity contribution is -0.133. The van der Waals surface area contributed by atoms with Gasteiger partial charge in [0.25, 0.3) is 0 Å². The van der Waals surface area contributed by atoms with E-state index in [1.54, 1.807) is 0 Å². The Morgan fingerprint density at radius 3 is 2.88 bits per heavy atom. The van der Waals surface area contributed by atoms with Crippen LogP contribution in [0.25, 0.3) is 5.69 Å². The number of aromatic nitrogens is 2. The summed E-state index contributed by atoms with van der Waals surface area (Å²) in [6.07, 6.45) is 6.26. The number of carbonyl (C=O) groups excluding carboxylic acids is 1. The minimum Gasteiger partial charge on any atom is -0.341 e. The topological polar surface area (TPSA) is 41.4 Å². The second kappa shape index (κ2) is 7.62. The van der Waals surface area contributed by atoms with E-state index in [2.05, 4.69) is 16.9 Å². The normalized spacial score (nSPS) is 18.1. The largest absolute Gasteiger partial charge is 0.341 e. The van der Waals surface area contributed by atoms with Gasteiger partial charge in [-0.3, -0.25) is 9.69 Å². The number of nitrogens with zero attached hydrogens (tertiary/aromatic N) is 4. The molecule has 2 aromatic rings. The van der Waals surface area contributed by atoms with E-state index in [4.69, 9.17) is 0 Å². The molecule has 0 bridgehead atoms. The molecule has 5 nitrogen and oxygen atoms in total. The number of para-hydroxylation sites is 1. The highest BCUT2D eigenvalue weighted by atomic mass is 16.2. The van der Waals surface area contributed by atoms with E-state index in [9.17, 15) is 4.79 Å². The Morgan fingerprint density at radius 2 is 2.12 bits per heavy atom. The van der Waals surface area contributed by atoms with Crippen LogP contribution in [0.3, 0.4) is 0 Å². The molecule has 1 aliphatic rings. The highest BCUT2D eigenvalue weighted by Crippen LogP contribution is 2.16. The van der Waals surface area contributed by atoms with Crippen LogP contribution >= 0.6 is 0 Å². The first kappa shape index (κ1) is 16.7. The van der Waals surface area contributed by atoms with Crippen LogP contribution in [0.2, 0.25) is 0 Å². The molecule has 1 atom stereocenters. The molecule has 1 amide bonds. The van der Waals surface area contributed by atoms with Crippen molar-refractivity contribution in [2.45, 2.75) is 26.3 Å². The van der Waals surface area contributed by atoms with Gasteiger partial charge < -0.3 is 4.90 Å². The third-order valence-electron chi connectivity index (χ3n) is 4.52. The maximum absolute atomic E-state index is 12.4. The van der Waals surface area contributed by atoms with Gasteiger partial charge in [-0.25, -0.2) is 4.68 Å². The SMILES string of the molecule is CC1CCCN(C(=O)CN(C)Cc2cnn(-c3ccccc3)c2)C1. The van der Waals surface area contributed by atoms with Crippen molar-refractivity contribution in [3.05, 3.63) is 48.3 Å². The predicted molar refractivity (Wildman–Crippen MR) is 94.9 cm³/mol. The lowest BCUT2D eigenvalue weighted by atomic mass is 10.0. The molecule has 24 heavy (non-hydrogen) atoms. The number of piperidine rings is 1. The zero-order valence-electron chi connectivity index (χ0n) is 14.6. The molecular formula is C19H26N4O. The van der Waals surface area contributed by atoms with E-state index < -0.39 is 0 Å². The van der Waals surface area contributed by atoms with Crippen molar-refractivity contribution in [1.82, 2.24) is 19.6 Å². The van der Waals surface area contributed by atoms with Crippen LogP contribution in [-0.4, -0.2) is 52.2 Å². The Morgan fingerprint density at radius 1 is 1.33 bits per heavy atom. The van der Waals surface area contributed by atoms with Gasteiger partial charge in [-0.2, -0.15) is 5.10 Å². The summed E-state index contributed by atoms with van der Waals surface area (Å²) in [6.45, 7) is 5.22. The molecule has 2 heterocycles. The number of rotatable bonds is 5. The summed E-state index contributed by atoms with van der Waals surface area (Å²) in [5, 5.41) is 4.41. The quantitative estimate of drug-likeness (QED) is 0.848. The number of hydrogen-bond donors (Lipinski definition) is 0. The van der Waals surface area contributed by atoms with Crippen LogP contribution in [-0.2, 0) is 11.3 Å². The number of benzene rings is 1. The van der Waals surface area contributed by atoms with Crippen molar-refractivity contribution < 1.29 is 4.79 Å². The molecule has 1 fully saturated rings. The maximum atomic E-state index is 12.4. The van der Waals surface area contributed by atoms with Gasteiger partial charge in [-0.15, -0.1) is 0 Å². The Hall–Kier alpha value is -2.14. The van der Waals surface area contributed by atoms with Crippen LogP contribution < -0.4 is 0 Å². The zero-order valence-corrected chi connectivity index (χ0v) is 14.6. The van der Waals surface area contributed by atoms with Gasteiger partial charge in [-0.05, 0) is 37.9 Å². The summed E-state index contributed by atoms with van der Waals surface area (Å²) < 4.78 is 1.87. The molecule has 1 saturated heterocycles. The first-order valence-corrected chi connectivity index (χ1v) is 8.67. The van der Waals surface area contributed by atoms with E-state index in [1.807, 2.05) is 59.4 Å². The molecule has 1 unspecified atom stereocenters. The van der Waals surface area contributed by atoms with Gasteiger partial charge in [0, 0.05) is 31.4 Å². The van der Waals surface area contributed by atoms with E-state index in [-0.39, 0.29) is 5.91 Å². The van der Waals surface area contributed by atoms with Crippen molar-refractivity contribution in [3.63, 3.8) is 0 Å². The molecule has 0 N–H and O–H groups in total. The second-order valence-electron chi connectivity index (χ2n) is 6.89. The van der Waals surface area contributed by atoms with Crippen LogP contribution in [0.15, 0.2) is 42.7 Å². The van der Waals surface area contributed by atoms with Crippen LogP contribution in [0.4, 0.5) is 0 Å². The summed E-state index contributed by atoms with van der Waals surface area (Å²) in [7, 11) is 1.99. The first-order chi connectivity index (χ1) is 11.6. The molecule has 1 aliphatic heterocycles. The van der Waals surface area contributed by atoms with Crippen molar-refractivity contribution in [2.24, 2.45) is 5.92 Å². The lowest BCUT2D eigenvalue weighted by Gasteiger charge is -2.32. The Bertz CT molecular complexity index is 667. The molecular weight excluding hydrogens is 300 g/mol. The Balaban J connectivity index is 1.54. The Labute approximate surface area is 143 Å². The summed E-state index contributed by atoms with van der Waals surface area (Å²) in [5.74, 6) is 0.858. The highest BCUT2D eigenvalue weighted by Gasteiger charge is 2.21. The van der Waals surface area contributed by atoms with Gasteiger partial charge in [0.1, 0.15) is 0 Å². The minimum atomic E-state index is 0.236. The fraction of sp³-hybridized carbons (Fsp3) is 0.474. The van der Waals surface area contributed by atoms with Crippen LogP contribution in [0.1, 0.15) is 25.3 Å². The third kappa shape index (κ3) is 4.23. The molecule has 0 saturated carbocycles. The number of likely N-dealkylation sites (N-methyl/N-ethyl adjacent to an activating group) is 1. The summed E-state index contributed by atoms with van der Waals surface area (Å²) in [6, 6.07) is 10.1. The monoisotopic (exact) mass is 326 g/mol. The average Bonchev–Trinajstić information content (AvgIpc) is 3.04. The summed E-state index contributed by atoms with van der Waals surface area (Å²) >= 11 is 0. The second-order valence-corrected chi connectivity index (χ2v) is 6.89. The van der Waals surface area contributed by atoms with Crippen LogP contribution in [0.5, 0.6) is 0 Å². The smallest absolute Gasteiger partial charge is 0.236 e. The number of likely N-dealkylation sites (tertiary alicyclic amines) is 1. The number of hydrogen-bond acceptors (Lipinski definition) is 3. The molecule has 0 aliphatic carbocycles. The van der Waals surface area contributed by atoms with Crippen LogP contribution in [0, 0.1) is 5.92 Å². The van der Waals surface area contributed by atoms with Gasteiger partial charge in [0.05, 0.1) is 18.4 Å². The zero-order chi connectivity index (χ0) is 16.9. The molecule has 3 rings (SSSR count). The molecule has 128 valence electrons. The molecule has 1 aromatic carbocycles. The van der Waals surface area contributed by atoms with Gasteiger partial charge >= 0.3 is 0 Å². The highest BCUT2D eigenvalue weighted by molar-refractivity contribution is 5.78. The van der Waals surface area contributed by atoms with E-state index in [0.29, 0.717) is 12.5 Å². The van der Waals surface area contributed by atoms with Gasteiger partial charge in [0.15, 0.2) is 0 Å². The molecule has 0 spiro atoms. The van der Waals surface area contributed by atoms with Crippen molar-refractivity contribution in [3.8, 4) is 5.69 Å². The summed E-state index contributed by atoms with van der Waals surface area (Å²) in [4.78, 5) is 16.5. The minimum absolute atomic E-state index is 0.236. The third-order valence-corrected chi connectivity index (χ3v) is 4.52. The molecule has 0 radical (unpaired) electrons. The number of amides is 1. The molecule has 5 heteroatoms. The van der Waals surface area contributed by atoms with Crippen molar-refractivity contribution >= 4 is 5.91 Å². The Kier molecular flexibility index (Phi) is 5.30. The predicted octanol–water partition coefficient (Wildman–Crippen LogP) is 2.56. The van der Waals surface area contributed by atoms with Gasteiger partial charge in [0.2, 0.25) is 5.91 Å². The summed E-state index contributed by atoms with van der Waals surface area (Å²) in [5.41, 5.74) is 2.16. The van der Waals surface area contributed by atoms with Gasteiger partial charge in [-0.1, -0.05) is 25.1 Å². The molecule has 1 aromatic heterocycles.